The average Bonchev–Trinajstić information content (AvgIpc) is 3.12. The largest absolute Gasteiger partial charge is 0.450 e. The van der Waals surface area contributed by atoms with Gasteiger partial charge in [-0.1, -0.05) is 30.3 Å². The molecule has 0 radical (unpaired) electrons. The first-order valence-corrected chi connectivity index (χ1v) is 12.1. The lowest BCUT2D eigenvalue weighted by Gasteiger charge is -2.48. The predicted molar refractivity (Wildman–Crippen MR) is 127 cm³/mol. The van der Waals surface area contributed by atoms with Crippen molar-refractivity contribution in [2.45, 2.75) is 68.7 Å². The van der Waals surface area contributed by atoms with Crippen LogP contribution in [-0.2, 0) is 16.0 Å². The number of amides is 2. The Balaban J connectivity index is 1.52. The summed E-state index contributed by atoms with van der Waals surface area (Å²) < 4.78 is 46.2. The van der Waals surface area contributed by atoms with Gasteiger partial charge in [-0.3, -0.25) is 4.79 Å². The Morgan fingerprint density at radius 1 is 1.08 bits per heavy atom. The number of nitrogens with two attached hydrogens (primary N) is 2. The van der Waals surface area contributed by atoms with Gasteiger partial charge in [0.05, 0.1) is 6.61 Å². The highest BCUT2D eigenvalue weighted by Gasteiger charge is 2.51. The monoisotopic (exact) mass is 504 g/mol. The van der Waals surface area contributed by atoms with E-state index in [1.54, 1.807) is 36.1 Å². The van der Waals surface area contributed by atoms with Crippen molar-refractivity contribution in [1.29, 1.82) is 0 Å². The number of rotatable bonds is 7. The van der Waals surface area contributed by atoms with Crippen molar-refractivity contribution in [3.05, 3.63) is 71.0 Å². The fraction of sp³-hybridized carbons (Fsp3) is 0.462. The number of hydrogen-bond donors (Lipinski definition) is 3. The number of carbonyl (C=O) groups excluding carboxylic acids is 2. The van der Waals surface area contributed by atoms with Gasteiger partial charge in [-0.2, -0.15) is 0 Å². The van der Waals surface area contributed by atoms with Crippen LogP contribution in [0.15, 0.2) is 42.5 Å². The van der Waals surface area contributed by atoms with Crippen LogP contribution in [0, 0.1) is 17.5 Å². The molecule has 2 fully saturated rings. The van der Waals surface area contributed by atoms with E-state index in [1.807, 2.05) is 6.07 Å². The number of carbonyl (C=O) groups is 2. The first kappa shape index (κ1) is 26.0. The quantitative estimate of drug-likeness (QED) is 0.501. The molecule has 2 heterocycles. The van der Waals surface area contributed by atoms with Gasteiger partial charge in [0, 0.05) is 29.7 Å². The van der Waals surface area contributed by atoms with E-state index in [2.05, 4.69) is 5.32 Å². The number of hydrogen-bond acceptors (Lipinski definition) is 5. The van der Waals surface area contributed by atoms with Crippen LogP contribution >= 0.6 is 0 Å². The molecule has 4 rings (SSSR count). The van der Waals surface area contributed by atoms with Crippen LogP contribution in [0.3, 0.4) is 0 Å². The maximum absolute atomic E-state index is 14.2. The van der Waals surface area contributed by atoms with Crippen molar-refractivity contribution in [3.63, 3.8) is 0 Å². The van der Waals surface area contributed by atoms with Crippen LogP contribution in [0.2, 0.25) is 0 Å². The standard InChI is InChI=1S/C26H31F3N4O3/c1-2-36-25(35)32-23(15-6-4-3-5-7-15)24(34)33-17-8-9-18(33)14-26(31,13-17)22(30)11-16-10-20(28)21(29)12-19(16)27/h3-7,10,12,17-18,22-23H,2,8-9,11,13-14,30-31H2,1H3,(H,32,35)/t17-,18?,22?,23?,26?/m1/s1. The number of halogens is 3. The third-order valence-corrected chi connectivity index (χ3v) is 7.29. The maximum Gasteiger partial charge on any atom is 0.408 e. The zero-order valence-electron chi connectivity index (χ0n) is 20.1. The minimum Gasteiger partial charge on any atom is -0.450 e. The first-order valence-electron chi connectivity index (χ1n) is 12.1. The molecule has 0 saturated carbocycles. The van der Waals surface area contributed by atoms with Gasteiger partial charge in [-0.15, -0.1) is 0 Å². The van der Waals surface area contributed by atoms with Crippen LogP contribution in [0.25, 0.3) is 0 Å². The van der Waals surface area contributed by atoms with E-state index in [0.717, 1.165) is 6.07 Å². The Morgan fingerprint density at radius 3 is 2.31 bits per heavy atom. The summed E-state index contributed by atoms with van der Waals surface area (Å²) in [6.45, 7) is 1.85. The summed E-state index contributed by atoms with van der Waals surface area (Å²) in [7, 11) is 0. The van der Waals surface area contributed by atoms with Gasteiger partial charge in [0.15, 0.2) is 11.6 Å². The molecule has 2 aliphatic rings. The maximum atomic E-state index is 14.2. The summed E-state index contributed by atoms with van der Waals surface area (Å²) in [6.07, 6.45) is 1.40. The van der Waals surface area contributed by atoms with Crippen molar-refractivity contribution in [1.82, 2.24) is 10.2 Å². The summed E-state index contributed by atoms with van der Waals surface area (Å²) >= 11 is 0. The highest BCUT2D eigenvalue weighted by molar-refractivity contribution is 5.87. The molecule has 5 N–H and O–H groups in total. The highest BCUT2D eigenvalue weighted by Crippen LogP contribution is 2.42. The van der Waals surface area contributed by atoms with Gasteiger partial charge >= 0.3 is 6.09 Å². The lowest BCUT2D eigenvalue weighted by Crippen LogP contribution is -2.65. The van der Waals surface area contributed by atoms with Crippen LogP contribution < -0.4 is 16.8 Å². The van der Waals surface area contributed by atoms with Gasteiger partial charge in [0.25, 0.3) is 0 Å². The normalized spacial score (nSPS) is 24.8. The van der Waals surface area contributed by atoms with Gasteiger partial charge in [0.1, 0.15) is 11.9 Å². The molecular formula is C26H31F3N4O3. The summed E-state index contributed by atoms with van der Waals surface area (Å²) in [5.74, 6) is -3.55. The SMILES string of the molecule is CCOC(=O)NC(C(=O)N1C2CC[C@@H]1CC(N)(C(N)Cc1cc(F)c(F)cc1F)C2)c1ccccc1. The second-order valence-electron chi connectivity index (χ2n) is 9.65. The summed E-state index contributed by atoms with van der Waals surface area (Å²) in [5, 5.41) is 2.68. The molecule has 0 spiro atoms. The molecule has 36 heavy (non-hydrogen) atoms. The summed E-state index contributed by atoms with van der Waals surface area (Å²) in [6, 6.07) is 8.13. The number of nitrogens with zero attached hydrogens (tertiary/aromatic N) is 1. The van der Waals surface area contributed by atoms with E-state index in [4.69, 9.17) is 16.2 Å². The minimum atomic E-state index is -1.26. The Bertz CT molecular complexity index is 1100. The Labute approximate surface area is 208 Å². The average molecular weight is 505 g/mol. The molecule has 7 nitrogen and oxygen atoms in total. The lowest BCUT2D eigenvalue weighted by molar-refractivity contribution is -0.139. The molecule has 2 amide bonds. The molecule has 2 bridgehead atoms. The molecule has 5 atom stereocenters. The molecule has 0 aliphatic carbocycles. The van der Waals surface area contributed by atoms with Gasteiger partial charge in [-0.05, 0) is 56.2 Å². The molecule has 2 saturated heterocycles. The zero-order valence-corrected chi connectivity index (χ0v) is 20.1. The molecule has 2 aliphatic heterocycles. The zero-order chi connectivity index (χ0) is 26.0. The Morgan fingerprint density at radius 2 is 1.69 bits per heavy atom. The molecule has 0 aromatic heterocycles. The second-order valence-corrected chi connectivity index (χ2v) is 9.65. The minimum absolute atomic E-state index is 0.0418. The molecule has 4 unspecified atom stereocenters. The van der Waals surface area contributed by atoms with E-state index >= 15 is 0 Å². The Kier molecular flexibility index (Phi) is 7.56. The smallest absolute Gasteiger partial charge is 0.408 e. The number of piperidine rings is 1. The molecule has 2 aromatic carbocycles. The number of ether oxygens (including phenoxy) is 1. The van der Waals surface area contributed by atoms with Crippen molar-refractivity contribution in [3.8, 4) is 0 Å². The fourth-order valence-corrected chi connectivity index (χ4v) is 5.52. The Hall–Kier alpha value is -3.11. The van der Waals surface area contributed by atoms with Crippen molar-refractivity contribution in [2.24, 2.45) is 11.5 Å². The predicted octanol–water partition coefficient (Wildman–Crippen LogP) is 3.31. The van der Waals surface area contributed by atoms with Crippen LogP contribution in [0.1, 0.15) is 49.8 Å². The lowest BCUT2D eigenvalue weighted by atomic mass is 9.76. The number of fused-ring (bicyclic) bond motifs is 2. The van der Waals surface area contributed by atoms with Gasteiger partial charge < -0.3 is 26.4 Å². The van der Waals surface area contributed by atoms with Crippen LogP contribution in [0.5, 0.6) is 0 Å². The molecule has 2 aromatic rings. The highest BCUT2D eigenvalue weighted by atomic mass is 19.2. The van der Waals surface area contributed by atoms with E-state index < -0.39 is 41.2 Å². The first-order chi connectivity index (χ1) is 17.1. The third kappa shape index (κ3) is 5.19. The van der Waals surface area contributed by atoms with E-state index in [-0.39, 0.29) is 36.6 Å². The van der Waals surface area contributed by atoms with Crippen molar-refractivity contribution >= 4 is 12.0 Å². The van der Waals surface area contributed by atoms with Gasteiger partial charge in [0.2, 0.25) is 5.91 Å². The van der Waals surface area contributed by atoms with Crippen LogP contribution in [0.4, 0.5) is 18.0 Å². The fourth-order valence-electron chi connectivity index (χ4n) is 5.52. The van der Waals surface area contributed by atoms with Crippen molar-refractivity contribution < 1.29 is 27.5 Å². The number of alkyl carbamates (subject to hydrolysis) is 1. The van der Waals surface area contributed by atoms with E-state index in [0.29, 0.717) is 37.3 Å². The molecule has 10 heteroatoms. The topological polar surface area (TPSA) is 111 Å². The number of benzene rings is 2. The third-order valence-electron chi connectivity index (χ3n) is 7.29. The van der Waals surface area contributed by atoms with Crippen molar-refractivity contribution in [2.75, 3.05) is 6.61 Å². The van der Waals surface area contributed by atoms with E-state index in [1.165, 1.54) is 0 Å². The second kappa shape index (κ2) is 10.5. The van der Waals surface area contributed by atoms with E-state index in [9.17, 15) is 22.8 Å². The van der Waals surface area contributed by atoms with Crippen LogP contribution in [-0.4, -0.2) is 47.2 Å². The molecule has 194 valence electrons. The summed E-state index contributed by atoms with van der Waals surface area (Å²) in [5.41, 5.74) is 12.8. The summed E-state index contributed by atoms with van der Waals surface area (Å²) in [4.78, 5) is 27.7. The number of nitrogens with one attached hydrogen (secondary N) is 1. The molecular weight excluding hydrogens is 473 g/mol. The van der Waals surface area contributed by atoms with Gasteiger partial charge in [-0.25, -0.2) is 18.0 Å².